The number of rotatable bonds is 8. The van der Waals surface area contributed by atoms with Gasteiger partial charge >= 0.3 is 0 Å². The highest BCUT2D eigenvalue weighted by Gasteiger charge is 2.04. The Morgan fingerprint density at radius 1 is 1.23 bits per heavy atom. The molecular weight excluding hydrogens is 283 g/mol. The van der Waals surface area contributed by atoms with E-state index in [1.165, 1.54) is 12.1 Å². The molecule has 0 saturated carbocycles. The van der Waals surface area contributed by atoms with Crippen LogP contribution in [0.4, 0.5) is 4.39 Å². The third-order valence-electron chi connectivity index (χ3n) is 3.27. The minimum absolute atomic E-state index is 0.0632. The van der Waals surface area contributed by atoms with Gasteiger partial charge in [0.05, 0.1) is 11.4 Å². The first-order valence-electron chi connectivity index (χ1n) is 7.41. The van der Waals surface area contributed by atoms with Crippen molar-refractivity contribution < 1.29 is 9.18 Å². The summed E-state index contributed by atoms with van der Waals surface area (Å²) >= 11 is 0. The van der Waals surface area contributed by atoms with Crippen LogP contribution in [0.15, 0.2) is 36.5 Å². The van der Waals surface area contributed by atoms with Gasteiger partial charge in [0.2, 0.25) is 5.91 Å². The minimum Gasteiger partial charge on any atom is -0.356 e. The van der Waals surface area contributed by atoms with E-state index in [0.29, 0.717) is 19.4 Å². The lowest BCUT2D eigenvalue weighted by Crippen LogP contribution is -2.26. The summed E-state index contributed by atoms with van der Waals surface area (Å²) in [5.41, 5.74) is 1.70. The summed E-state index contributed by atoms with van der Waals surface area (Å²) in [5.74, 6) is -0.203. The molecule has 118 valence electrons. The molecule has 1 heterocycles. The average Bonchev–Trinajstić information content (AvgIpc) is 2.97. The second-order valence-corrected chi connectivity index (χ2v) is 5.04. The number of benzene rings is 1. The van der Waals surface area contributed by atoms with Crippen molar-refractivity contribution in [3.63, 3.8) is 0 Å². The van der Waals surface area contributed by atoms with E-state index < -0.39 is 0 Å². The maximum atomic E-state index is 12.9. The van der Waals surface area contributed by atoms with Crippen LogP contribution in [-0.2, 0) is 11.2 Å². The fourth-order valence-corrected chi connectivity index (χ4v) is 2.08. The Kier molecular flexibility index (Phi) is 6.09. The average molecular weight is 304 g/mol. The van der Waals surface area contributed by atoms with Crippen LogP contribution in [0.2, 0.25) is 0 Å². The molecule has 6 heteroatoms. The number of hydrogen-bond acceptors (Lipinski definition) is 3. The van der Waals surface area contributed by atoms with Crippen molar-refractivity contribution in [3.05, 3.63) is 48.0 Å². The minimum atomic E-state index is -0.267. The Labute approximate surface area is 129 Å². The molecule has 1 aromatic heterocycles. The van der Waals surface area contributed by atoms with Crippen molar-refractivity contribution in [3.8, 4) is 5.69 Å². The van der Waals surface area contributed by atoms with Gasteiger partial charge in [0.25, 0.3) is 0 Å². The third-order valence-corrected chi connectivity index (χ3v) is 3.27. The lowest BCUT2D eigenvalue weighted by molar-refractivity contribution is -0.121. The third kappa shape index (κ3) is 4.96. The van der Waals surface area contributed by atoms with Gasteiger partial charge in [-0.2, -0.15) is 5.10 Å². The highest BCUT2D eigenvalue weighted by atomic mass is 19.1. The highest BCUT2D eigenvalue weighted by Crippen LogP contribution is 2.09. The van der Waals surface area contributed by atoms with Gasteiger partial charge in [0.1, 0.15) is 5.82 Å². The lowest BCUT2D eigenvalue weighted by atomic mass is 10.2. The summed E-state index contributed by atoms with van der Waals surface area (Å²) in [6, 6.07) is 8.06. The molecule has 0 unspecified atom stereocenters. The standard InChI is InChI=1S/C16H21FN4O/c1-18-10-2-3-16(22)19-11-8-14-9-12-21(20-14)15-6-4-13(17)5-7-15/h4-7,9,12,18H,2-3,8,10-11H2,1H3,(H,19,22). The number of amides is 1. The quantitative estimate of drug-likeness (QED) is 0.729. The molecule has 1 aromatic carbocycles. The fourth-order valence-electron chi connectivity index (χ4n) is 2.08. The number of nitrogens with one attached hydrogen (secondary N) is 2. The van der Waals surface area contributed by atoms with Crippen LogP contribution in [0.3, 0.4) is 0 Å². The van der Waals surface area contributed by atoms with Crippen molar-refractivity contribution in [1.29, 1.82) is 0 Å². The van der Waals surface area contributed by atoms with Gasteiger partial charge in [-0.05, 0) is 50.3 Å². The summed E-state index contributed by atoms with van der Waals surface area (Å²) in [6.45, 7) is 1.41. The van der Waals surface area contributed by atoms with Gasteiger partial charge in [-0.1, -0.05) is 0 Å². The maximum Gasteiger partial charge on any atom is 0.220 e. The zero-order valence-electron chi connectivity index (χ0n) is 12.7. The summed E-state index contributed by atoms with van der Waals surface area (Å²) < 4.78 is 14.6. The van der Waals surface area contributed by atoms with Crippen molar-refractivity contribution >= 4 is 5.91 Å². The second kappa shape index (κ2) is 8.29. The Morgan fingerprint density at radius 3 is 2.73 bits per heavy atom. The van der Waals surface area contributed by atoms with Crippen LogP contribution < -0.4 is 10.6 Å². The van der Waals surface area contributed by atoms with Crippen molar-refractivity contribution in [2.45, 2.75) is 19.3 Å². The summed E-state index contributed by atoms with van der Waals surface area (Å²) in [4.78, 5) is 11.6. The van der Waals surface area contributed by atoms with Gasteiger partial charge < -0.3 is 10.6 Å². The molecule has 0 aliphatic heterocycles. The molecule has 2 rings (SSSR count). The Morgan fingerprint density at radius 2 is 2.00 bits per heavy atom. The van der Waals surface area contributed by atoms with Gasteiger partial charge in [-0.3, -0.25) is 4.79 Å². The first-order chi connectivity index (χ1) is 10.7. The topological polar surface area (TPSA) is 59.0 Å². The van der Waals surface area contributed by atoms with Gasteiger partial charge in [-0.15, -0.1) is 0 Å². The van der Waals surface area contributed by atoms with Crippen molar-refractivity contribution in [2.24, 2.45) is 0 Å². The van der Waals surface area contributed by atoms with Crippen LogP contribution >= 0.6 is 0 Å². The zero-order chi connectivity index (χ0) is 15.8. The fraction of sp³-hybridized carbons (Fsp3) is 0.375. The molecule has 2 aromatic rings. The van der Waals surface area contributed by atoms with Crippen LogP contribution in [0, 0.1) is 5.82 Å². The SMILES string of the molecule is CNCCCC(=O)NCCc1ccn(-c2ccc(F)cc2)n1. The molecule has 22 heavy (non-hydrogen) atoms. The largest absolute Gasteiger partial charge is 0.356 e. The number of aromatic nitrogens is 2. The normalized spacial score (nSPS) is 10.6. The van der Waals surface area contributed by atoms with E-state index >= 15 is 0 Å². The van der Waals surface area contributed by atoms with E-state index in [4.69, 9.17) is 0 Å². The molecule has 0 atom stereocenters. The highest BCUT2D eigenvalue weighted by molar-refractivity contribution is 5.75. The molecule has 5 nitrogen and oxygen atoms in total. The molecule has 0 aliphatic rings. The number of halogens is 1. The van der Waals surface area contributed by atoms with Crippen LogP contribution in [0.1, 0.15) is 18.5 Å². The lowest BCUT2D eigenvalue weighted by Gasteiger charge is -2.04. The van der Waals surface area contributed by atoms with Crippen molar-refractivity contribution in [1.82, 2.24) is 20.4 Å². The zero-order valence-corrected chi connectivity index (χ0v) is 12.7. The molecule has 0 saturated heterocycles. The molecular formula is C16H21FN4O. The molecule has 1 amide bonds. The van der Waals surface area contributed by atoms with E-state index in [2.05, 4.69) is 15.7 Å². The predicted octanol–water partition coefficient (Wildman–Crippen LogP) is 1.67. The van der Waals surface area contributed by atoms with Gasteiger partial charge in [0.15, 0.2) is 0 Å². The molecule has 0 fully saturated rings. The smallest absolute Gasteiger partial charge is 0.220 e. The summed E-state index contributed by atoms with van der Waals surface area (Å²) in [5, 5.41) is 10.3. The van der Waals surface area contributed by atoms with Gasteiger partial charge in [-0.25, -0.2) is 9.07 Å². The number of carbonyl (C=O) groups excluding carboxylic acids is 1. The van der Waals surface area contributed by atoms with E-state index in [9.17, 15) is 9.18 Å². The predicted molar refractivity (Wildman–Crippen MR) is 83.4 cm³/mol. The van der Waals surface area contributed by atoms with E-state index in [0.717, 1.165) is 24.3 Å². The number of carbonyl (C=O) groups is 1. The first kappa shape index (κ1) is 16.2. The van der Waals surface area contributed by atoms with Crippen LogP contribution in [0.5, 0.6) is 0 Å². The summed E-state index contributed by atoms with van der Waals surface area (Å²) in [7, 11) is 1.87. The second-order valence-electron chi connectivity index (χ2n) is 5.04. The van der Waals surface area contributed by atoms with Crippen LogP contribution in [0.25, 0.3) is 5.69 Å². The molecule has 0 bridgehead atoms. The summed E-state index contributed by atoms with van der Waals surface area (Å²) in [6.07, 6.45) is 3.87. The molecule has 0 spiro atoms. The Balaban J connectivity index is 1.78. The monoisotopic (exact) mass is 304 g/mol. The Bertz CT molecular complexity index is 594. The maximum absolute atomic E-state index is 12.9. The number of hydrogen-bond donors (Lipinski definition) is 2. The van der Waals surface area contributed by atoms with E-state index in [1.807, 2.05) is 19.3 Å². The van der Waals surface area contributed by atoms with Crippen molar-refractivity contribution in [2.75, 3.05) is 20.1 Å². The molecule has 0 radical (unpaired) electrons. The molecule has 2 N–H and O–H groups in total. The number of nitrogens with zero attached hydrogens (tertiary/aromatic N) is 2. The first-order valence-corrected chi connectivity index (χ1v) is 7.41. The van der Waals surface area contributed by atoms with E-state index in [-0.39, 0.29) is 11.7 Å². The van der Waals surface area contributed by atoms with Gasteiger partial charge in [0, 0.05) is 25.6 Å². The van der Waals surface area contributed by atoms with Crippen LogP contribution in [-0.4, -0.2) is 35.8 Å². The van der Waals surface area contributed by atoms with E-state index in [1.54, 1.807) is 16.8 Å². The molecule has 0 aliphatic carbocycles. The Hall–Kier alpha value is -2.21.